The topological polar surface area (TPSA) is 43.7 Å². The van der Waals surface area contributed by atoms with Gasteiger partial charge in [0.2, 0.25) is 0 Å². The van der Waals surface area contributed by atoms with Gasteiger partial charge in [0.15, 0.2) is 0 Å². The largest absolute Gasteiger partial charge is 0.390 e. The molecule has 4 rings (SSSR count). The van der Waals surface area contributed by atoms with E-state index in [1.165, 1.54) is 41.4 Å². The number of aliphatic hydroxyl groups is 1. The molecular weight excluding hydrogens is 360 g/mol. The first-order valence-electron chi connectivity index (χ1n) is 11.6. The molecule has 0 amide bonds. The first kappa shape index (κ1) is 20.9. The number of benzene rings is 1. The van der Waals surface area contributed by atoms with Gasteiger partial charge in [-0.3, -0.25) is 4.90 Å². The van der Waals surface area contributed by atoms with Crippen LogP contribution in [0.4, 0.5) is 0 Å². The van der Waals surface area contributed by atoms with Crippen LogP contribution in [0.1, 0.15) is 49.6 Å². The Morgan fingerprint density at radius 1 is 1.24 bits per heavy atom. The van der Waals surface area contributed by atoms with E-state index >= 15 is 0 Å². The molecule has 2 atom stereocenters. The van der Waals surface area contributed by atoms with E-state index in [0.29, 0.717) is 12.6 Å². The molecule has 1 aliphatic carbocycles. The van der Waals surface area contributed by atoms with E-state index in [0.717, 1.165) is 45.8 Å². The number of aryl methyl sites for hydroxylation is 2. The summed E-state index contributed by atoms with van der Waals surface area (Å²) in [5, 5.41) is 15.6. The predicted molar refractivity (Wildman–Crippen MR) is 121 cm³/mol. The van der Waals surface area contributed by atoms with Gasteiger partial charge in [-0.15, -0.1) is 0 Å². The van der Waals surface area contributed by atoms with Gasteiger partial charge in [-0.1, -0.05) is 25.5 Å². The molecule has 1 aliphatic heterocycles. The van der Waals surface area contributed by atoms with Crippen LogP contribution < -0.4 is 5.32 Å². The number of aliphatic hydroxyl groups excluding tert-OH is 1. The van der Waals surface area contributed by atoms with Gasteiger partial charge in [-0.05, 0) is 57.0 Å². The van der Waals surface area contributed by atoms with E-state index in [1.54, 1.807) is 5.56 Å². The Balaban J connectivity index is 1.41. The second-order valence-electron chi connectivity index (χ2n) is 8.82. The molecule has 2 aliphatic rings. The first-order valence-corrected chi connectivity index (χ1v) is 11.6. The lowest BCUT2D eigenvalue weighted by Crippen LogP contribution is -2.46. The number of fused-ring (bicyclic) bond motifs is 3. The van der Waals surface area contributed by atoms with Gasteiger partial charge in [-0.25, -0.2) is 0 Å². The molecular formula is C24H38N4O. The molecule has 160 valence electrons. The molecule has 0 fully saturated rings. The minimum absolute atomic E-state index is 0.310. The molecule has 2 N–H and O–H groups in total. The fourth-order valence-electron chi connectivity index (χ4n) is 5.39. The highest BCUT2D eigenvalue weighted by Crippen LogP contribution is 2.42. The fourth-order valence-corrected chi connectivity index (χ4v) is 5.39. The van der Waals surface area contributed by atoms with Crippen molar-refractivity contribution < 1.29 is 5.11 Å². The number of nitrogens with zero attached hydrogens (tertiary/aromatic N) is 3. The fraction of sp³-hybridized carbons (Fsp3) is 0.667. The minimum Gasteiger partial charge on any atom is -0.390 e. The van der Waals surface area contributed by atoms with Crippen LogP contribution in [-0.2, 0) is 13.0 Å². The maximum absolute atomic E-state index is 10.7. The Morgan fingerprint density at radius 2 is 2.07 bits per heavy atom. The number of hydrogen-bond donors (Lipinski definition) is 2. The second-order valence-corrected chi connectivity index (χ2v) is 8.82. The monoisotopic (exact) mass is 398 g/mol. The molecule has 5 heteroatoms. The average molecular weight is 399 g/mol. The van der Waals surface area contributed by atoms with Gasteiger partial charge >= 0.3 is 0 Å². The van der Waals surface area contributed by atoms with Crippen LogP contribution >= 0.6 is 0 Å². The van der Waals surface area contributed by atoms with Crippen LogP contribution in [0.25, 0.3) is 10.9 Å². The third-order valence-corrected chi connectivity index (χ3v) is 6.96. The van der Waals surface area contributed by atoms with Crippen molar-refractivity contribution in [3.63, 3.8) is 0 Å². The summed E-state index contributed by atoms with van der Waals surface area (Å²) >= 11 is 0. The van der Waals surface area contributed by atoms with E-state index in [2.05, 4.69) is 58.7 Å². The quantitative estimate of drug-likeness (QED) is 0.638. The standard InChI is InChI=1S/C24H38N4O/c1-4-26(5-2)12-11-25-16-19(29)17-27-13-14-28-22-10-9-18(3)15-21(22)20-7-6-8-23(27)24(20)28/h9-10,15,19,23,25,29H,4-8,11-14,16-17H2,1-3H3/t19-,23-/m1/s1. The van der Waals surface area contributed by atoms with Crippen molar-refractivity contribution in [2.24, 2.45) is 0 Å². The zero-order valence-corrected chi connectivity index (χ0v) is 18.5. The van der Waals surface area contributed by atoms with Crippen molar-refractivity contribution in [1.29, 1.82) is 0 Å². The third-order valence-electron chi connectivity index (χ3n) is 6.96. The molecule has 29 heavy (non-hydrogen) atoms. The van der Waals surface area contributed by atoms with Crippen LogP contribution in [0.3, 0.4) is 0 Å². The summed E-state index contributed by atoms with van der Waals surface area (Å²) in [7, 11) is 0. The number of β-amino-alcohol motifs (C(OH)–C–C–N with tert-alkyl or cyclic N) is 1. The lowest BCUT2D eigenvalue weighted by molar-refractivity contribution is 0.0638. The SMILES string of the molecule is CCN(CC)CCNC[C@@H](O)CN1CCn2c3c(c4cc(C)ccc42)CCC[C@H]31. The highest BCUT2D eigenvalue weighted by molar-refractivity contribution is 5.87. The maximum Gasteiger partial charge on any atom is 0.0791 e. The van der Waals surface area contributed by atoms with Gasteiger partial charge in [0.1, 0.15) is 0 Å². The summed E-state index contributed by atoms with van der Waals surface area (Å²) in [5.41, 5.74) is 5.86. The second kappa shape index (κ2) is 9.17. The lowest BCUT2D eigenvalue weighted by atomic mass is 9.89. The van der Waals surface area contributed by atoms with Crippen molar-refractivity contribution in [2.45, 2.75) is 58.7 Å². The van der Waals surface area contributed by atoms with Gasteiger partial charge in [-0.2, -0.15) is 0 Å². The predicted octanol–water partition coefficient (Wildman–Crippen LogP) is 2.94. The lowest BCUT2D eigenvalue weighted by Gasteiger charge is -2.40. The summed E-state index contributed by atoms with van der Waals surface area (Å²) in [5.74, 6) is 0. The number of rotatable bonds is 9. The zero-order valence-electron chi connectivity index (χ0n) is 18.5. The summed E-state index contributed by atoms with van der Waals surface area (Å²) in [6, 6.07) is 7.39. The molecule has 2 heterocycles. The Kier molecular flexibility index (Phi) is 6.60. The number of hydrogen-bond acceptors (Lipinski definition) is 4. The van der Waals surface area contributed by atoms with E-state index in [1.807, 2.05) is 0 Å². The highest BCUT2D eigenvalue weighted by Gasteiger charge is 2.35. The van der Waals surface area contributed by atoms with E-state index in [4.69, 9.17) is 0 Å². The zero-order chi connectivity index (χ0) is 20.4. The maximum atomic E-state index is 10.7. The Morgan fingerprint density at radius 3 is 2.86 bits per heavy atom. The normalized spacial score (nSPS) is 20.4. The van der Waals surface area contributed by atoms with Crippen LogP contribution in [-0.4, -0.2) is 71.4 Å². The van der Waals surface area contributed by atoms with Crippen LogP contribution in [0.2, 0.25) is 0 Å². The van der Waals surface area contributed by atoms with E-state index < -0.39 is 0 Å². The van der Waals surface area contributed by atoms with Crippen molar-refractivity contribution in [2.75, 3.05) is 45.8 Å². The Bertz CT molecular complexity index is 826. The Hall–Kier alpha value is -1.40. The molecule has 0 unspecified atom stereocenters. The molecule has 5 nitrogen and oxygen atoms in total. The van der Waals surface area contributed by atoms with Crippen LogP contribution in [0.5, 0.6) is 0 Å². The highest BCUT2D eigenvalue weighted by atomic mass is 16.3. The smallest absolute Gasteiger partial charge is 0.0791 e. The van der Waals surface area contributed by atoms with Crippen LogP contribution in [0, 0.1) is 6.92 Å². The van der Waals surface area contributed by atoms with Crippen molar-refractivity contribution >= 4 is 10.9 Å². The van der Waals surface area contributed by atoms with Crippen molar-refractivity contribution in [1.82, 2.24) is 19.7 Å². The van der Waals surface area contributed by atoms with Crippen molar-refractivity contribution in [3.05, 3.63) is 35.0 Å². The van der Waals surface area contributed by atoms with Gasteiger partial charge in [0.05, 0.1) is 12.1 Å². The van der Waals surface area contributed by atoms with Gasteiger partial charge < -0.3 is 19.9 Å². The molecule has 0 spiro atoms. The molecule has 0 saturated heterocycles. The molecule has 0 bridgehead atoms. The minimum atomic E-state index is -0.310. The third kappa shape index (κ3) is 4.24. The summed E-state index contributed by atoms with van der Waals surface area (Å²) in [6.07, 6.45) is 3.35. The summed E-state index contributed by atoms with van der Waals surface area (Å²) in [4.78, 5) is 4.95. The average Bonchev–Trinajstić information content (AvgIpc) is 3.05. The summed E-state index contributed by atoms with van der Waals surface area (Å²) in [6.45, 7) is 14.3. The van der Waals surface area contributed by atoms with E-state index in [9.17, 15) is 5.11 Å². The molecule has 0 saturated carbocycles. The first-order chi connectivity index (χ1) is 14.1. The number of likely N-dealkylation sites (N-methyl/N-ethyl adjacent to an activating group) is 1. The Labute approximate surface area is 175 Å². The number of nitrogens with one attached hydrogen (secondary N) is 1. The van der Waals surface area contributed by atoms with Gasteiger partial charge in [0, 0.05) is 55.9 Å². The molecule has 2 aromatic rings. The molecule has 0 radical (unpaired) electrons. The van der Waals surface area contributed by atoms with Gasteiger partial charge in [0.25, 0.3) is 0 Å². The van der Waals surface area contributed by atoms with E-state index in [-0.39, 0.29) is 6.10 Å². The summed E-state index contributed by atoms with van der Waals surface area (Å²) < 4.78 is 2.57. The number of aromatic nitrogens is 1. The van der Waals surface area contributed by atoms with Crippen LogP contribution in [0.15, 0.2) is 18.2 Å². The molecule has 1 aromatic heterocycles. The molecule has 1 aromatic carbocycles. The van der Waals surface area contributed by atoms with Crippen molar-refractivity contribution in [3.8, 4) is 0 Å².